The zero-order valence-corrected chi connectivity index (χ0v) is 11.6. The Morgan fingerprint density at radius 1 is 1.48 bits per heavy atom. The van der Waals surface area contributed by atoms with Gasteiger partial charge >= 0.3 is 0 Å². The number of hydrogen-bond acceptors (Lipinski definition) is 5. The maximum Gasteiger partial charge on any atom is 0.275 e. The Morgan fingerprint density at radius 3 is 2.81 bits per heavy atom. The number of rotatable bonds is 5. The Hall–Kier alpha value is -2.90. The third kappa shape index (κ3) is 3.78. The maximum atomic E-state index is 11.9. The molecule has 0 aliphatic carbocycles. The largest absolute Gasteiger partial charge is 0.496 e. The number of nitrogens with zero attached hydrogens (tertiary/aromatic N) is 3. The van der Waals surface area contributed by atoms with E-state index in [0.717, 1.165) is 5.69 Å². The van der Waals surface area contributed by atoms with Gasteiger partial charge in [0.2, 0.25) is 5.91 Å². The Labute approximate surface area is 120 Å². The van der Waals surface area contributed by atoms with Crippen LogP contribution in [0.25, 0.3) is 0 Å². The average molecular weight is 290 g/mol. The summed E-state index contributed by atoms with van der Waals surface area (Å²) in [5.74, 6) is -0.0323. The predicted octanol–water partition coefficient (Wildman–Crippen LogP) is 1.75. The van der Waals surface area contributed by atoms with Crippen LogP contribution >= 0.6 is 0 Å². The molecule has 2 rings (SSSR count). The van der Waals surface area contributed by atoms with Gasteiger partial charge in [0.25, 0.3) is 5.69 Å². The first-order chi connectivity index (χ1) is 9.97. The van der Waals surface area contributed by atoms with Gasteiger partial charge in [0, 0.05) is 18.3 Å². The van der Waals surface area contributed by atoms with Gasteiger partial charge in [-0.2, -0.15) is 5.10 Å². The smallest absolute Gasteiger partial charge is 0.275 e. The number of anilines is 1. The van der Waals surface area contributed by atoms with Crippen LogP contribution in [0.3, 0.4) is 0 Å². The van der Waals surface area contributed by atoms with E-state index in [0.29, 0.717) is 11.4 Å². The van der Waals surface area contributed by atoms with E-state index in [2.05, 4.69) is 10.4 Å². The number of aryl methyl sites for hydroxylation is 1. The van der Waals surface area contributed by atoms with Gasteiger partial charge in [-0.25, -0.2) is 0 Å². The highest BCUT2D eigenvalue weighted by Crippen LogP contribution is 2.25. The summed E-state index contributed by atoms with van der Waals surface area (Å²) in [4.78, 5) is 22.2. The third-order valence-corrected chi connectivity index (χ3v) is 2.70. The van der Waals surface area contributed by atoms with Gasteiger partial charge in [-0.15, -0.1) is 0 Å². The van der Waals surface area contributed by atoms with Crippen molar-refractivity contribution in [2.24, 2.45) is 0 Å². The summed E-state index contributed by atoms with van der Waals surface area (Å²) < 4.78 is 6.46. The van der Waals surface area contributed by atoms with E-state index < -0.39 is 4.92 Å². The molecule has 1 aromatic heterocycles. The minimum Gasteiger partial charge on any atom is -0.496 e. The molecule has 0 unspecified atom stereocenters. The van der Waals surface area contributed by atoms with Crippen LogP contribution in [0.5, 0.6) is 5.75 Å². The van der Waals surface area contributed by atoms with Gasteiger partial charge in [-0.1, -0.05) is 0 Å². The monoisotopic (exact) mass is 290 g/mol. The minimum absolute atomic E-state index is 0.0266. The molecule has 1 amide bonds. The number of carbonyl (C=O) groups is 1. The fraction of sp³-hybridized carbons (Fsp3) is 0.231. The highest BCUT2D eigenvalue weighted by atomic mass is 16.6. The molecule has 1 heterocycles. The molecule has 1 N–H and O–H groups in total. The molecule has 110 valence electrons. The van der Waals surface area contributed by atoms with Gasteiger partial charge in [-0.3, -0.25) is 19.6 Å². The van der Waals surface area contributed by atoms with E-state index in [1.165, 1.54) is 30.0 Å². The second-order valence-corrected chi connectivity index (χ2v) is 4.38. The highest BCUT2D eigenvalue weighted by molar-refractivity contribution is 5.91. The van der Waals surface area contributed by atoms with Crippen molar-refractivity contribution >= 4 is 17.3 Å². The second-order valence-electron chi connectivity index (χ2n) is 4.38. The van der Waals surface area contributed by atoms with Gasteiger partial charge in [0.15, 0.2) is 0 Å². The van der Waals surface area contributed by atoms with Crippen molar-refractivity contribution in [1.82, 2.24) is 9.78 Å². The van der Waals surface area contributed by atoms with Crippen LogP contribution in [-0.2, 0) is 11.3 Å². The first kappa shape index (κ1) is 14.5. The number of hydrogen-bond donors (Lipinski definition) is 1. The van der Waals surface area contributed by atoms with Crippen molar-refractivity contribution in [3.63, 3.8) is 0 Å². The Balaban J connectivity index is 2.12. The molecule has 0 aliphatic rings. The van der Waals surface area contributed by atoms with Crippen LogP contribution in [0.15, 0.2) is 30.5 Å². The molecular weight excluding hydrogens is 276 g/mol. The molecule has 0 aliphatic heterocycles. The Morgan fingerprint density at radius 2 is 2.24 bits per heavy atom. The summed E-state index contributed by atoms with van der Waals surface area (Å²) in [6.07, 6.45) is 1.68. The van der Waals surface area contributed by atoms with E-state index in [9.17, 15) is 14.9 Å². The number of nitro benzene ring substituents is 1. The number of ether oxygens (including phenoxy) is 1. The number of amides is 1. The van der Waals surface area contributed by atoms with Crippen molar-refractivity contribution in [2.75, 3.05) is 12.4 Å². The standard InChI is InChI=1S/C13H14N4O4/c1-9-3-4-16(15-9)8-13(18)14-10-5-11(17(19)20)7-12(6-10)21-2/h3-7H,8H2,1-2H3,(H,14,18). The first-order valence-corrected chi connectivity index (χ1v) is 6.11. The highest BCUT2D eigenvalue weighted by Gasteiger charge is 2.12. The zero-order valence-electron chi connectivity index (χ0n) is 11.6. The van der Waals surface area contributed by atoms with E-state index in [1.807, 2.05) is 6.92 Å². The van der Waals surface area contributed by atoms with Crippen molar-refractivity contribution < 1.29 is 14.5 Å². The lowest BCUT2D eigenvalue weighted by atomic mass is 10.2. The molecule has 0 fully saturated rings. The molecule has 21 heavy (non-hydrogen) atoms. The number of methoxy groups -OCH3 is 1. The van der Waals surface area contributed by atoms with Crippen LogP contribution in [0.2, 0.25) is 0 Å². The fourth-order valence-corrected chi connectivity index (χ4v) is 1.78. The number of aromatic nitrogens is 2. The number of benzene rings is 1. The molecule has 1 aromatic carbocycles. The van der Waals surface area contributed by atoms with Gasteiger partial charge in [-0.05, 0) is 13.0 Å². The lowest BCUT2D eigenvalue weighted by Gasteiger charge is -2.07. The summed E-state index contributed by atoms with van der Waals surface area (Å²) in [7, 11) is 1.40. The van der Waals surface area contributed by atoms with Gasteiger partial charge < -0.3 is 10.1 Å². The van der Waals surface area contributed by atoms with E-state index in [1.54, 1.807) is 12.3 Å². The van der Waals surface area contributed by atoms with Crippen molar-refractivity contribution in [1.29, 1.82) is 0 Å². The molecule has 0 spiro atoms. The van der Waals surface area contributed by atoms with Crippen molar-refractivity contribution in [2.45, 2.75) is 13.5 Å². The predicted molar refractivity (Wildman–Crippen MR) is 75.2 cm³/mol. The van der Waals surface area contributed by atoms with Crippen LogP contribution in [0.1, 0.15) is 5.69 Å². The molecular formula is C13H14N4O4. The second kappa shape index (κ2) is 6.04. The van der Waals surface area contributed by atoms with Crippen LogP contribution in [-0.4, -0.2) is 27.7 Å². The third-order valence-electron chi connectivity index (χ3n) is 2.70. The number of nitro groups is 1. The summed E-state index contributed by atoms with van der Waals surface area (Å²) in [5.41, 5.74) is 0.953. The normalized spacial score (nSPS) is 10.2. The molecule has 0 bridgehead atoms. The van der Waals surface area contributed by atoms with Gasteiger partial charge in [0.1, 0.15) is 12.3 Å². The lowest BCUT2D eigenvalue weighted by Crippen LogP contribution is -2.19. The van der Waals surface area contributed by atoms with Crippen LogP contribution in [0, 0.1) is 17.0 Å². The molecule has 0 saturated heterocycles. The first-order valence-electron chi connectivity index (χ1n) is 6.11. The number of nitrogens with one attached hydrogen (secondary N) is 1. The van der Waals surface area contributed by atoms with Crippen LogP contribution in [0.4, 0.5) is 11.4 Å². The Bertz CT molecular complexity index is 681. The topological polar surface area (TPSA) is 99.3 Å². The SMILES string of the molecule is COc1cc(NC(=O)Cn2ccc(C)n2)cc([N+](=O)[O-])c1. The van der Waals surface area contributed by atoms with Crippen LogP contribution < -0.4 is 10.1 Å². The van der Waals surface area contributed by atoms with E-state index in [-0.39, 0.29) is 18.1 Å². The molecule has 0 saturated carbocycles. The lowest BCUT2D eigenvalue weighted by molar-refractivity contribution is -0.384. The molecule has 8 nitrogen and oxygen atoms in total. The maximum absolute atomic E-state index is 11.9. The summed E-state index contributed by atoms with van der Waals surface area (Å²) in [6, 6.07) is 5.85. The van der Waals surface area contributed by atoms with Crippen molar-refractivity contribution in [3.8, 4) is 5.75 Å². The average Bonchev–Trinajstić information content (AvgIpc) is 2.83. The fourth-order valence-electron chi connectivity index (χ4n) is 1.78. The Kier molecular flexibility index (Phi) is 4.17. The van der Waals surface area contributed by atoms with Crippen molar-refractivity contribution in [3.05, 3.63) is 46.3 Å². The van der Waals surface area contributed by atoms with E-state index in [4.69, 9.17) is 4.74 Å². The number of non-ortho nitro benzene ring substituents is 1. The summed E-state index contributed by atoms with van der Waals surface area (Å²) in [5, 5.41) is 17.5. The molecule has 0 atom stereocenters. The number of carbonyl (C=O) groups excluding carboxylic acids is 1. The minimum atomic E-state index is -0.547. The molecule has 8 heteroatoms. The van der Waals surface area contributed by atoms with E-state index >= 15 is 0 Å². The summed E-state index contributed by atoms with van der Waals surface area (Å²) in [6.45, 7) is 1.85. The summed E-state index contributed by atoms with van der Waals surface area (Å²) >= 11 is 0. The molecule has 0 radical (unpaired) electrons. The quantitative estimate of drug-likeness (QED) is 0.668. The zero-order chi connectivity index (χ0) is 15.4. The molecule has 2 aromatic rings. The van der Waals surface area contributed by atoms with Gasteiger partial charge in [0.05, 0.1) is 29.5 Å².